The molecular weight excluding hydrogens is 284 g/mol. The Morgan fingerprint density at radius 1 is 1.04 bits per heavy atom. The van der Waals surface area contributed by atoms with Crippen molar-refractivity contribution in [3.63, 3.8) is 0 Å². The molecule has 0 amide bonds. The van der Waals surface area contributed by atoms with Crippen LogP contribution in [0, 0.1) is 11.3 Å². The minimum Gasteiger partial charge on any atom is -0.381 e. The molecule has 23 heavy (non-hydrogen) atoms. The standard InChI is InChI=1S/C19H22N4/c1-22-9-11-23(12-10-22)19-8-7-16(14-20)17(13-19)15-21-18-5-3-2-4-6-18/h2-8,13,21H,9-12,15H2,1H3. The first-order chi connectivity index (χ1) is 11.3. The Labute approximate surface area is 137 Å². The SMILES string of the molecule is CN1CCN(c2ccc(C#N)c(CNc3ccccc3)c2)CC1. The summed E-state index contributed by atoms with van der Waals surface area (Å²) in [6.45, 7) is 4.89. The molecule has 2 aromatic rings. The molecule has 1 aliphatic rings. The highest BCUT2D eigenvalue weighted by Crippen LogP contribution is 2.21. The number of likely N-dealkylation sites (N-methyl/N-ethyl adjacent to an activating group) is 1. The van der Waals surface area contributed by atoms with Crippen molar-refractivity contribution in [2.45, 2.75) is 6.54 Å². The molecule has 1 fully saturated rings. The van der Waals surface area contributed by atoms with E-state index in [4.69, 9.17) is 0 Å². The largest absolute Gasteiger partial charge is 0.381 e. The number of anilines is 2. The molecule has 0 bridgehead atoms. The quantitative estimate of drug-likeness (QED) is 0.943. The fourth-order valence-corrected chi connectivity index (χ4v) is 2.85. The van der Waals surface area contributed by atoms with Crippen LogP contribution < -0.4 is 10.2 Å². The van der Waals surface area contributed by atoms with E-state index >= 15 is 0 Å². The molecule has 1 heterocycles. The molecule has 1 aliphatic heterocycles. The van der Waals surface area contributed by atoms with Crippen LogP contribution in [0.2, 0.25) is 0 Å². The van der Waals surface area contributed by atoms with E-state index in [2.05, 4.69) is 40.4 Å². The van der Waals surface area contributed by atoms with Gasteiger partial charge in [0.1, 0.15) is 0 Å². The van der Waals surface area contributed by atoms with Gasteiger partial charge in [0.05, 0.1) is 11.6 Å². The van der Waals surface area contributed by atoms with E-state index in [0.717, 1.165) is 43.0 Å². The Morgan fingerprint density at radius 3 is 2.48 bits per heavy atom. The minimum atomic E-state index is 0.661. The zero-order valence-corrected chi connectivity index (χ0v) is 13.5. The molecule has 1 N–H and O–H groups in total. The van der Waals surface area contributed by atoms with Crippen molar-refractivity contribution in [1.29, 1.82) is 5.26 Å². The lowest BCUT2D eigenvalue weighted by Crippen LogP contribution is -2.44. The minimum absolute atomic E-state index is 0.661. The van der Waals surface area contributed by atoms with Crippen LogP contribution in [0.5, 0.6) is 0 Å². The number of para-hydroxylation sites is 1. The van der Waals surface area contributed by atoms with Crippen molar-refractivity contribution in [2.24, 2.45) is 0 Å². The normalized spacial score (nSPS) is 15.2. The average Bonchev–Trinajstić information content (AvgIpc) is 2.61. The lowest BCUT2D eigenvalue weighted by atomic mass is 10.1. The first-order valence-electron chi connectivity index (χ1n) is 8.02. The molecule has 0 spiro atoms. The highest BCUT2D eigenvalue weighted by molar-refractivity contribution is 5.55. The van der Waals surface area contributed by atoms with E-state index in [1.54, 1.807) is 0 Å². The van der Waals surface area contributed by atoms with Gasteiger partial charge in [-0.1, -0.05) is 18.2 Å². The van der Waals surface area contributed by atoms with Gasteiger partial charge >= 0.3 is 0 Å². The maximum Gasteiger partial charge on any atom is 0.0995 e. The molecular formula is C19H22N4. The van der Waals surface area contributed by atoms with Gasteiger partial charge in [-0.25, -0.2) is 0 Å². The summed E-state index contributed by atoms with van der Waals surface area (Å²) in [5.74, 6) is 0. The Morgan fingerprint density at radius 2 is 1.78 bits per heavy atom. The summed E-state index contributed by atoms with van der Waals surface area (Å²) >= 11 is 0. The number of rotatable bonds is 4. The van der Waals surface area contributed by atoms with Crippen molar-refractivity contribution in [1.82, 2.24) is 4.90 Å². The van der Waals surface area contributed by atoms with Crippen molar-refractivity contribution >= 4 is 11.4 Å². The van der Waals surface area contributed by atoms with Crippen molar-refractivity contribution in [2.75, 3.05) is 43.4 Å². The Bertz CT molecular complexity index is 682. The van der Waals surface area contributed by atoms with Crippen LogP contribution in [0.25, 0.3) is 0 Å². The second kappa shape index (κ2) is 7.17. The Hall–Kier alpha value is -2.51. The third kappa shape index (κ3) is 3.82. The molecule has 0 radical (unpaired) electrons. The van der Waals surface area contributed by atoms with E-state index in [1.807, 2.05) is 36.4 Å². The molecule has 0 aliphatic carbocycles. The van der Waals surface area contributed by atoms with E-state index in [-0.39, 0.29) is 0 Å². The highest BCUT2D eigenvalue weighted by atomic mass is 15.2. The summed E-state index contributed by atoms with van der Waals surface area (Å²) in [5.41, 5.74) is 4.07. The average molecular weight is 306 g/mol. The fourth-order valence-electron chi connectivity index (χ4n) is 2.85. The number of piperazine rings is 1. The predicted molar refractivity (Wildman–Crippen MR) is 94.6 cm³/mol. The number of nitrogens with zero attached hydrogens (tertiary/aromatic N) is 3. The predicted octanol–water partition coefficient (Wildman–Crippen LogP) is 2.92. The number of hydrogen-bond donors (Lipinski definition) is 1. The molecule has 1 saturated heterocycles. The van der Waals surface area contributed by atoms with Gasteiger partial charge in [-0.3, -0.25) is 0 Å². The van der Waals surface area contributed by atoms with Crippen LogP contribution in [-0.4, -0.2) is 38.1 Å². The summed E-state index contributed by atoms with van der Waals surface area (Å²) in [7, 11) is 2.16. The first-order valence-corrected chi connectivity index (χ1v) is 8.02. The van der Waals surface area contributed by atoms with Gasteiger partial charge in [0.2, 0.25) is 0 Å². The van der Waals surface area contributed by atoms with Crippen LogP contribution in [0.1, 0.15) is 11.1 Å². The third-order valence-electron chi connectivity index (χ3n) is 4.33. The van der Waals surface area contributed by atoms with Gasteiger partial charge in [-0.15, -0.1) is 0 Å². The van der Waals surface area contributed by atoms with Gasteiger partial charge in [-0.05, 0) is 42.9 Å². The highest BCUT2D eigenvalue weighted by Gasteiger charge is 2.15. The second-order valence-electron chi connectivity index (χ2n) is 5.96. The van der Waals surface area contributed by atoms with Gasteiger partial charge < -0.3 is 15.1 Å². The van der Waals surface area contributed by atoms with Gasteiger partial charge in [0, 0.05) is 44.1 Å². The second-order valence-corrected chi connectivity index (χ2v) is 5.96. The number of benzene rings is 2. The van der Waals surface area contributed by atoms with E-state index < -0.39 is 0 Å². The van der Waals surface area contributed by atoms with E-state index in [9.17, 15) is 5.26 Å². The topological polar surface area (TPSA) is 42.3 Å². The van der Waals surface area contributed by atoms with Crippen molar-refractivity contribution in [3.05, 3.63) is 59.7 Å². The maximum absolute atomic E-state index is 9.35. The summed E-state index contributed by atoms with van der Waals surface area (Å²) < 4.78 is 0. The number of nitriles is 1. The molecule has 3 rings (SSSR count). The Balaban J connectivity index is 1.75. The van der Waals surface area contributed by atoms with Crippen LogP contribution in [0.4, 0.5) is 11.4 Å². The third-order valence-corrected chi connectivity index (χ3v) is 4.33. The molecule has 4 heteroatoms. The molecule has 0 saturated carbocycles. The van der Waals surface area contributed by atoms with Gasteiger partial charge in [0.25, 0.3) is 0 Å². The number of hydrogen-bond acceptors (Lipinski definition) is 4. The summed E-state index contributed by atoms with van der Waals surface area (Å²) in [5, 5.41) is 12.7. The van der Waals surface area contributed by atoms with Crippen molar-refractivity contribution < 1.29 is 0 Å². The van der Waals surface area contributed by atoms with Crippen molar-refractivity contribution in [3.8, 4) is 6.07 Å². The smallest absolute Gasteiger partial charge is 0.0995 e. The monoisotopic (exact) mass is 306 g/mol. The maximum atomic E-state index is 9.35. The Kier molecular flexibility index (Phi) is 4.80. The fraction of sp³-hybridized carbons (Fsp3) is 0.316. The number of nitrogens with one attached hydrogen (secondary N) is 1. The molecule has 0 atom stereocenters. The first kappa shape index (κ1) is 15.4. The summed E-state index contributed by atoms with van der Waals surface area (Å²) in [4.78, 5) is 4.74. The lowest BCUT2D eigenvalue weighted by molar-refractivity contribution is 0.313. The molecule has 0 unspecified atom stereocenters. The van der Waals surface area contributed by atoms with Crippen LogP contribution >= 0.6 is 0 Å². The van der Waals surface area contributed by atoms with E-state index in [1.165, 1.54) is 5.69 Å². The van der Waals surface area contributed by atoms with Crippen LogP contribution in [0.15, 0.2) is 48.5 Å². The summed E-state index contributed by atoms with van der Waals surface area (Å²) in [6.07, 6.45) is 0. The summed E-state index contributed by atoms with van der Waals surface area (Å²) in [6, 6.07) is 18.6. The zero-order valence-electron chi connectivity index (χ0n) is 13.5. The lowest BCUT2D eigenvalue weighted by Gasteiger charge is -2.34. The van der Waals surface area contributed by atoms with Gasteiger partial charge in [-0.2, -0.15) is 5.26 Å². The van der Waals surface area contributed by atoms with Gasteiger partial charge in [0.15, 0.2) is 0 Å². The van der Waals surface area contributed by atoms with E-state index in [0.29, 0.717) is 6.54 Å². The molecule has 0 aromatic heterocycles. The molecule has 118 valence electrons. The molecule has 4 nitrogen and oxygen atoms in total. The zero-order chi connectivity index (χ0) is 16.1. The van der Waals surface area contributed by atoms with Crippen LogP contribution in [-0.2, 0) is 6.54 Å². The molecule has 2 aromatic carbocycles. The van der Waals surface area contributed by atoms with Crippen LogP contribution in [0.3, 0.4) is 0 Å².